The van der Waals surface area contributed by atoms with Crippen LogP contribution in [0.25, 0.3) is 0 Å². The molecule has 0 atom stereocenters. The highest BCUT2D eigenvalue weighted by Gasteiger charge is 2.29. The summed E-state index contributed by atoms with van der Waals surface area (Å²) in [7, 11) is -0.998. The number of ether oxygens (including phenoxy) is 2. The van der Waals surface area contributed by atoms with Crippen LogP contribution in [0.15, 0.2) is 47.6 Å². The summed E-state index contributed by atoms with van der Waals surface area (Å²) in [6, 6.07) is 8.73. The van der Waals surface area contributed by atoms with E-state index >= 15 is 0 Å². The van der Waals surface area contributed by atoms with E-state index in [2.05, 4.69) is 9.36 Å². The monoisotopic (exact) mass is 535 g/mol. The molecule has 1 heterocycles. The lowest BCUT2D eigenvalue weighted by Crippen LogP contribution is -2.30. The highest BCUT2D eigenvalue weighted by Crippen LogP contribution is 2.32. The summed E-state index contributed by atoms with van der Waals surface area (Å²) in [5.41, 5.74) is 0.610. The highest BCUT2D eigenvalue weighted by molar-refractivity contribution is 14.1. The molecule has 0 aliphatic heterocycles. The third kappa shape index (κ3) is 4.20. The molecule has 0 saturated carbocycles. The Morgan fingerprint density at radius 1 is 1.18 bits per heavy atom. The van der Waals surface area contributed by atoms with Crippen molar-refractivity contribution in [3.05, 3.63) is 57.7 Å². The molecule has 0 aliphatic rings. The molecule has 2 aromatic carbocycles. The van der Waals surface area contributed by atoms with Crippen LogP contribution in [0.3, 0.4) is 0 Å². The molecule has 0 saturated heterocycles. The molecule has 7 nitrogen and oxygen atoms in total. The van der Waals surface area contributed by atoms with Crippen molar-refractivity contribution < 1.29 is 22.3 Å². The van der Waals surface area contributed by atoms with Crippen LogP contribution < -0.4 is 13.8 Å². The zero-order valence-electron chi connectivity index (χ0n) is 14.8. The lowest BCUT2D eigenvalue weighted by Gasteiger charge is -2.22. The van der Waals surface area contributed by atoms with Gasteiger partial charge in [-0.2, -0.15) is 4.37 Å². The van der Waals surface area contributed by atoms with E-state index < -0.39 is 15.8 Å². The number of anilines is 1. The van der Waals surface area contributed by atoms with Crippen molar-refractivity contribution in [1.82, 2.24) is 9.36 Å². The van der Waals surface area contributed by atoms with Gasteiger partial charge in [0.15, 0.2) is 0 Å². The summed E-state index contributed by atoms with van der Waals surface area (Å²) in [5, 5.41) is 0.192. The van der Waals surface area contributed by atoms with Gasteiger partial charge in [-0.1, -0.05) is 0 Å². The molecule has 0 aliphatic carbocycles. The predicted octanol–water partition coefficient (Wildman–Crippen LogP) is 3.69. The average molecular weight is 535 g/mol. The summed E-state index contributed by atoms with van der Waals surface area (Å²) >= 11 is 2.70. The largest absolute Gasteiger partial charge is 0.497 e. The van der Waals surface area contributed by atoms with Gasteiger partial charge in [-0.25, -0.2) is 22.1 Å². The number of halogens is 2. The number of nitrogens with zero attached hydrogens (tertiary/aromatic N) is 3. The maximum atomic E-state index is 13.6. The molecule has 148 valence electrons. The van der Waals surface area contributed by atoms with Gasteiger partial charge in [0.05, 0.1) is 29.2 Å². The maximum absolute atomic E-state index is 13.6. The summed E-state index contributed by atoms with van der Waals surface area (Å²) in [6.07, 6.45) is 1.28. The molecule has 0 amide bonds. The van der Waals surface area contributed by atoms with Crippen LogP contribution in [0.2, 0.25) is 0 Å². The van der Waals surface area contributed by atoms with Crippen LogP contribution in [-0.2, 0) is 16.6 Å². The maximum Gasteiger partial charge on any atom is 0.266 e. The minimum atomic E-state index is -4.02. The molecule has 0 bridgehead atoms. The van der Waals surface area contributed by atoms with E-state index in [-0.39, 0.29) is 20.1 Å². The summed E-state index contributed by atoms with van der Waals surface area (Å²) in [5.74, 6) is 0.565. The van der Waals surface area contributed by atoms with Crippen LogP contribution in [0.1, 0.15) is 5.56 Å². The normalized spacial score (nSPS) is 11.3. The average Bonchev–Trinajstić information content (AvgIpc) is 3.22. The fourth-order valence-corrected chi connectivity index (χ4v) is 5.32. The molecule has 0 fully saturated rings. The van der Waals surface area contributed by atoms with Gasteiger partial charge in [0.1, 0.15) is 23.6 Å². The molecule has 11 heteroatoms. The van der Waals surface area contributed by atoms with Gasteiger partial charge in [0.25, 0.3) is 10.0 Å². The van der Waals surface area contributed by atoms with Crippen LogP contribution in [0, 0.1) is 9.39 Å². The Kier molecular flexibility index (Phi) is 6.35. The molecule has 0 spiro atoms. The fourth-order valence-electron chi connectivity index (χ4n) is 2.43. The van der Waals surface area contributed by atoms with Gasteiger partial charge >= 0.3 is 0 Å². The molecule has 0 radical (unpaired) electrons. The van der Waals surface area contributed by atoms with Crippen LogP contribution in [0.5, 0.6) is 11.5 Å². The SMILES string of the molecule is COc1ccc(CN(c2ncns2)S(=O)(=O)c2ccc(F)c(I)c2)c(OC)c1. The summed E-state index contributed by atoms with van der Waals surface area (Å²) < 4.78 is 56.0. The second-order valence-electron chi connectivity index (χ2n) is 5.49. The van der Waals surface area contributed by atoms with E-state index in [0.29, 0.717) is 17.1 Å². The number of benzene rings is 2. The Morgan fingerprint density at radius 2 is 1.96 bits per heavy atom. The van der Waals surface area contributed by atoms with Gasteiger partial charge in [-0.3, -0.25) is 0 Å². The number of methoxy groups -OCH3 is 2. The van der Waals surface area contributed by atoms with Crippen LogP contribution >= 0.6 is 34.1 Å². The summed E-state index contributed by atoms with van der Waals surface area (Å²) in [6.45, 7) is -0.0430. The van der Waals surface area contributed by atoms with Crippen molar-refractivity contribution in [1.29, 1.82) is 0 Å². The lowest BCUT2D eigenvalue weighted by atomic mass is 10.2. The van der Waals surface area contributed by atoms with Crippen molar-refractivity contribution in [3.63, 3.8) is 0 Å². The number of hydrogen-bond acceptors (Lipinski definition) is 7. The van der Waals surface area contributed by atoms with E-state index in [0.717, 1.165) is 21.9 Å². The quantitative estimate of drug-likeness (QED) is 0.430. The van der Waals surface area contributed by atoms with E-state index in [9.17, 15) is 12.8 Å². The molecular weight excluding hydrogens is 520 g/mol. The first-order valence-corrected chi connectivity index (χ1v) is 11.1. The molecule has 0 unspecified atom stereocenters. The first kappa shape index (κ1) is 20.7. The molecule has 3 aromatic rings. The Bertz CT molecular complexity index is 1080. The van der Waals surface area contributed by atoms with Gasteiger partial charge in [-0.15, -0.1) is 0 Å². The Balaban J connectivity index is 2.07. The molecule has 0 N–H and O–H groups in total. The van der Waals surface area contributed by atoms with Gasteiger partial charge < -0.3 is 9.47 Å². The third-order valence-electron chi connectivity index (χ3n) is 3.85. The van der Waals surface area contributed by atoms with Crippen LogP contribution in [0.4, 0.5) is 9.52 Å². The third-order valence-corrected chi connectivity index (χ3v) is 7.21. The molecular formula is C17H15FIN3O4S2. The van der Waals surface area contributed by atoms with E-state index in [1.807, 2.05) is 0 Å². The van der Waals surface area contributed by atoms with Crippen molar-refractivity contribution in [3.8, 4) is 11.5 Å². The topological polar surface area (TPSA) is 81.6 Å². The zero-order chi connectivity index (χ0) is 20.3. The van der Waals surface area contributed by atoms with E-state index in [1.54, 1.807) is 40.8 Å². The van der Waals surface area contributed by atoms with Crippen molar-refractivity contribution in [2.45, 2.75) is 11.4 Å². The Hall–Kier alpha value is -1.99. The number of hydrogen-bond donors (Lipinski definition) is 0. The highest BCUT2D eigenvalue weighted by atomic mass is 127. The van der Waals surface area contributed by atoms with Crippen molar-refractivity contribution >= 4 is 49.3 Å². The predicted molar refractivity (Wildman–Crippen MR) is 112 cm³/mol. The number of rotatable bonds is 7. The number of sulfonamides is 1. The van der Waals surface area contributed by atoms with Crippen molar-refractivity contribution in [2.75, 3.05) is 18.5 Å². The first-order valence-electron chi connectivity index (χ1n) is 7.82. The standard InChI is InChI=1S/C17H15FIN3O4S2/c1-25-12-4-3-11(16(7-12)26-2)9-22(17-20-10-21-27-17)28(23,24)13-5-6-14(18)15(19)8-13/h3-8,10H,9H2,1-2H3. The fraction of sp³-hybridized carbons (Fsp3) is 0.176. The van der Waals surface area contributed by atoms with Gasteiger partial charge in [0, 0.05) is 23.2 Å². The van der Waals surface area contributed by atoms with Crippen molar-refractivity contribution in [2.24, 2.45) is 0 Å². The lowest BCUT2D eigenvalue weighted by molar-refractivity contribution is 0.391. The minimum absolute atomic E-state index is 0.0408. The molecule has 1 aromatic heterocycles. The smallest absolute Gasteiger partial charge is 0.266 e. The summed E-state index contributed by atoms with van der Waals surface area (Å²) in [4.78, 5) is 4.01. The second-order valence-corrected chi connectivity index (χ2v) is 9.27. The molecule has 28 heavy (non-hydrogen) atoms. The van der Waals surface area contributed by atoms with Crippen LogP contribution in [-0.4, -0.2) is 32.0 Å². The van der Waals surface area contributed by atoms with Gasteiger partial charge in [0.2, 0.25) is 5.13 Å². The second kappa shape index (κ2) is 8.57. The molecule has 3 rings (SSSR count). The minimum Gasteiger partial charge on any atom is -0.497 e. The zero-order valence-corrected chi connectivity index (χ0v) is 18.6. The van der Waals surface area contributed by atoms with Gasteiger partial charge in [-0.05, 0) is 52.9 Å². The van der Waals surface area contributed by atoms with E-state index in [1.165, 1.54) is 32.7 Å². The van der Waals surface area contributed by atoms with E-state index in [4.69, 9.17) is 9.47 Å². The first-order chi connectivity index (χ1) is 13.4. The Morgan fingerprint density at radius 3 is 2.57 bits per heavy atom. The Labute approximate surface area is 179 Å². The number of aromatic nitrogens is 2.